The van der Waals surface area contributed by atoms with Gasteiger partial charge in [-0.15, -0.1) is 11.3 Å². The Hall–Kier alpha value is -0.410. The summed E-state index contributed by atoms with van der Waals surface area (Å²) in [4.78, 5) is 6.73. The van der Waals surface area contributed by atoms with Crippen molar-refractivity contribution in [2.45, 2.75) is 19.4 Å². The van der Waals surface area contributed by atoms with Crippen molar-refractivity contribution in [2.75, 3.05) is 13.1 Å². The van der Waals surface area contributed by atoms with E-state index in [1.807, 2.05) is 11.6 Å². The molecular weight excluding hydrogens is 156 g/mol. The molecule has 1 aliphatic rings. The Morgan fingerprint density at radius 3 is 2.91 bits per heavy atom. The van der Waals surface area contributed by atoms with E-state index in [0.717, 1.165) is 6.54 Å². The molecule has 1 aromatic rings. The SMILES string of the molecule is c1csc(CN2CCCC2)n1. The summed E-state index contributed by atoms with van der Waals surface area (Å²) in [7, 11) is 0. The molecule has 0 bridgehead atoms. The molecule has 0 unspecified atom stereocenters. The van der Waals surface area contributed by atoms with Crippen LogP contribution in [0.25, 0.3) is 0 Å². The van der Waals surface area contributed by atoms with Gasteiger partial charge in [-0.05, 0) is 25.9 Å². The first kappa shape index (κ1) is 7.25. The number of likely N-dealkylation sites (tertiary alicyclic amines) is 1. The predicted octanol–water partition coefficient (Wildman–Crippen LogP) is 1.74. The van der Waals surface area contributed by atoms with Crippen LogP contribution in [0.2, 0.25) is 0 Å². The van der Waals surface area contributed by atoms with Gasteiger partial charge in [0, 0.05) is 11.6 Å². The first-order chi connectivity index (χ1) is 5.45. The number of hydrogen-bond donors (Lipinski definition) is 0. The molecule has 0 atom stereocenters. The molecule has 0 amide bonds. The Balaban J connectivity index is 1.90. The monoisotopic (exact) mass is 168 g/mol. The summed E-state index contributed by atoms with van der Waals surface area (Å²) in [5.41, 5.74) is 0. The van der Waals surface area contributed by atoms with E-state index in [9.17, 15) is 0 Å². The summed E-state index contributed by atoms with van der Waals surface area (Å²) >= 11 is 1.76. The predicted molar refractivity (Wildman–Crippen MR) is 46.6 cm³/mol. The van der Waals surface area contributed by atoms with E-state index < -0.39 is 0 Å². The molecular formula is C8H12N2S. The Labute approximate surface area is 70.9 Å². The zero-order chi connectivity index (χ0) is 7.52. The van der Waals surface area contributed by atoms with Gasteiger partial charge in [0.15, 0.2) is 0 Å². The molecule has 2 nitrogen and oxygen atoms in total. The van der Waals surface area contributed by atoms with Crippen LogP contribution >= 0.6 is 11.3 Å². The highest BCUT2D eigenvalue weighted by atomic mass is 32.1. The zero-order valence-electron chi connectivity index (χ0n) is 6.49. The lowest BCUT2D eigenvalue weighted by Crippen LogP contribution is -2.17. The third-order valence-electron chi connectivity index (χ3n) is 2.04. The van der Waals surface area contributed by atoms with E-state index in [1.54, 1.807) is 11.3 Å². The molecule has 2 rings (SSSR count). The number of aromatic nitrogens is 1. The standard InChI is InChI=1S/C8H12N2S/c1-2-5-10(4-1)7-8-9-3-6-11-8/h3,6H,1-2,4-5,7H2. The van der Waals surface area contributed by atoms with Gasteiger partial charge in [0.2, 0.25) is 0 Å². The topological polar surface area (TPSA) is 16.1 Å². The van der Waals surface area contributed by atoms with Crippen LogP contribution in [0.4, 0.5) is 0 Å². The summed E-state index contributed by atoms with van der Waals surface area (Å²) in [6.45, 7) is 3.59. The quantitative estimate of drug-likeness (QED) is 0.668. The summed E-state index contributed by atoms with van der Waals surface area (Å²) < 4.78 is 0. The van der Waals surface area contributed by atoms with Crippen LogP contribution < -0.4 is 0 Å². The number of nitrogens with zero attached hydrogens (tertiary/aromatic N) is 2. The molecule has 1 aliphatic heterocycles. The molecule has 11 heavy (non-hydrogen) atoms. The fourth-order valence-electron chi connectivity index (χ4n) is 1.46. The molecule has 0 saturated carbocycles. The van der Waals surface area contributed by atoms with Gasteiger partial charge in [-0.2, -0.15) is 0 Å². The average Bonchev–Trinajstić information content (AvgIpc) is 2.60. The molecule has 2 heterocycles. The minimum absolute atomic E-state index is 1.07. The second kappa shape index (κ2) is 3.32. The van der Waals surface area contributed by atoms with E-state index >= 15 is 0 Å². The molecule has 0 spiro atoms. The van der Waals surface area contributed by atoms with E-state index in [2.05, 4.69) is 9.88 Å². The Kier molecular flexibility index (Phi) is 2.19. The largest absolute Gasteiger partial charge is 0.297 e. The van der Waals surface area contributed by atoms with Gasteiger partial charge in [-0.25, -0.2) is 4.98 Å². The van der Waals surface area contributed by atoms with Crippen molar-refractivity contribution in [3.05, 3.63) is 16.6 Å². The van der Waals surface area contributed by atoms with Gasteiger partial charge in [0.1, 0.15) is 5.01 Å². The normalized spacial score (nSPS) is 19.3. The summed E-state index contributed by atoms with van der Waals surface area (Å²) in [5, 5.41) is 3.30. The number of thiazole rings is 1. The number of rotatable bonds is 2. The third kappa shape index (κ3) is 1.79. The van der Waals surface area contributed by atoms with Gasteiger partial charge < -0.3 is 0 Å². The fourth-order valence-corrected chi connectivity index (χ4v) is 2.12. The van der Waals surface area contributed by atoms with Crippen LogP contribution in [0.1, 0.15) is 17.8 Å². The van der Waals surface area contributed by atoms with Crippen molar-refractivity contribution in [3.8, 4) is 0 Å². The lowest BCUT2D eigenvalue weighted by Gasteiger charge is -2.11. The maximum absolute atomic E-state index is 4.26. The molecule has 0 aromatic carbocycles. The lowest BCUT2D eigenvalue weighted by molar-refractivity contribution is 0.331. The van der Waals surface area contributed by atoms with Crippen molar-refractivity contribution in [1.29, 1.82) is 0 Å². The van der Waals surface area contributed by atoms with E-state index in [0.29, 0.717) is 0 Å². The zero-order valence-corrected chi connectivity index (χ0v) is 7.31. The second-order valence-electron chi connectivity index (χ2n) is 2.91. The maximum Gasteiger partial charge on any atom is 0.107 e. The van der Waals surface area contributed by atoms with E-state index in [1.165, 1.54) is 30.9 Å². The second-order valence-corrected chi connectivity index (χ2v) is 3.89. The maximum atomic E-state index is 4.26. The molecule has 1 saturated heterocycles. The van der Waals surface area contributed by atoms with E-state index in [-0.39, 0.29) is 0 Å². The van der Waals surface area contributed by atoms with Crippen molar-refractivity contribution < 1.29 is 0 Å². The van der Waals surface area contributed by atoms with Crippen molar-refractivity contribution >= 4 is 11.3 Å². The minimum Gasteiger partial charge on any atom is -0.297 e. The molecule has 0 N–H and O–H groups in total. The minimum atomic E-state index is 1.07. The molecule has 3 heteroatoms. The van der Waals surface area contributed by atoms with Gasteiger partial charge in [-0.1, -0.05) is 0 Å². The summed E-state index contributed by atoms with van der Waals surface area (Å²) in [5.74, 6) is 0. The molecule has 0 aliphatic carbocycles. The van der Waals surface area contributed by atoms with Crippen LogP contribution in [0, 0.1) is 0 Å². The lowest BCUT2D eigenvalue weighted by atomic mass is 10.4. The smallest absolute Gasteiger partial charge is 0.107 e. The van der Waals surface area contributed by atoms with Crippen LogP contribution in [0.15, 0.2) is 11.6 Å². The van der Waals surface area contributed by atoms with Gasteiger partial charge in [-0.3, -0.25) is 4.90 Å². The summed E-state index contributed by atoms with van der Waals surface area (Å²) in [6, 6.07) is 0. The molecule has 0 radical (unpaired) electrons. The van der Waals surface area contributed by atoms with Crippen molar-refractivity contribution in [1.82, 2.24) is 9.88 Å². The first-order valence-electron chi connectivity index (χ1n) is 4.06. The highest BCUT2D eigenvalue weighted by Crippen LogP contribution is 2.13. The molecule has 1 fully saturated rings. The van der Waals surface area contributed by atoms with Crippen molar-refractivity contribution in [2.24, 2.45) is 0 Å². The molecule has 1 aromatic heterocycles. The van der Waals surface area contributed by atoms with Crippen LogP contribution in [0.3, 0.4) is 0 Å². The van der Waals surface area contributed by atoms with Crippen LogP contribution in [-0.2, 0) is 6.54 Å². The number of hydrogen-bond acceptors (Lipinski definition) is 3. The first-order valence-corrected chi connectivity index (χ1v) is 4.94. The highest BCUT2D eigenvalue weighted by molar-refractivity contribution is 7.09. The highest BCUT2D eigenvalue weighted by Gasteiger charge is 2.12. The van der Waals surface area contributed by atoms with Gasteiger partial charge in [0.25, 0.3) is 0 Å². The third-order valence-corrected chi connectivity index (χ3v) is 2.81. The Morgan fingerprint density at radius 1 is 1.45 bits per heavy atom. The Morgan fingerprint density at radius 2 is 2.27 bits per heavy atom. The Bertz CT molecular complexity index is 202. The fraction of sp³-hybridized carbons (Fsp3) is 0.625. The molecule has 60 valence electrons. The summed E-state index contributed by atoms with van der Waals surface area (Å²) in [6.07, 6.45) is 4.62. The average molecular weight is 168 g/mol. The van der Waals surface area contributed by atoms with Gasteiger partial charge >= 0.3 is 0 Å². The van der Waals surface area contributed by atoms with E-state index in [4.69, 9.17) is 0 Å². The van der Waals surface area contributed by atoms with Gasteiger partial charge in [0.05, 0.1) is 6.54 Å². The van der Waals surface area contributed by atoms with Crippen molar-refractivity contribution in [3.63, 3.8) is 0 Å². The van der Waals surface area contributed by atoms with Crippen LogP contribution in [-0.4, -0.2) is 23.0 Å². The van der Waals surface area contributed by atoms with Crippen LogP contribution in [0.5, 0.6) is 0 Å².